The number of hydrogen-bond donors (Lipinski definition) is 7. The molecule has 1 heterocycles. The van der Waals surface area contributed by atoms with Gasteiger partial charge in [0.15, 0.2) is 11.9 Å². The number of anilines is 2. The number of carboxylic acids is 1. The summed E-state index contributed by atoms with van der Waals surface area (Å²) in [5, 5.41) is 25.5. The first kappa shape index (κ1) is 31.9. The fourth-order valence-corrected chi connectivity index (χ4v) is 4.53. The summed E-state index contributed by atoms with van der Waals surface area (Å²) >= 11 is 0. The molecule has 2 amide bonds. The molecule has 232 valence electrons. The minimum atomic E-state index is -1.31. The van der Waals surface area contributed by atoms with Gasteiger partial charge in [-0.2, -0.15) is 0 Å². The highest BCUT2D eigenvalue weighted by molar-refractivity contribution is 5.99. The van der Waals surface area contributed by atoms with E-state index in [1.807, 2.05) is 13.8 Å². The van der Waals surface area contributed by atoms with Crippen molar-refractivity contribution in [3.8, 4) is 11.3 Å². The lowest BCUT2D eigenvalue weighted by molar-refractivity contribution is -0.139. The Morgan fingerprint density at radius 2 is 1.69 bits per heavy atom. The molecule has 0 unspecified atom stereocenters. The molecule has 13 heteroatoms. The van der Waals surface area contributed by atoms with Crippen molar-refractivity contribution in [3.05, 3.63) is 112 Å². The summed E-state index contributed by atoms with van der Waals surface area (Å²) in [6.07, 6.45) is 1.40. The zero-order valence-electron chi connectivity index (χ0n) is 24.7. The number of carboxylic acid groups (broad SMARTS) is 1. The fourth-order valence-electron chi connectivity index (χ4n) is 4.53. The van der Waals surface area contributed by atoms with Gasteiger partial charge in [0.25, 0.3) is 11.5 Å². The van der Waals surface area contributed by atoms with Crippen LogP contribution in [0.5, 0.6) is 0 Å². The van der Waals surface area contributed by atoms with Gasteiger partial charge in [-0.1, -0.05) is 54.6 Å². The molecule has 0 aliphatic heterocycles. The molecule has 0 fully saturated rings. The molecular weight excluding hydrogens is 576 g/mol. The van der Waals surface area contributed by atoms with E-state index in [4.69, 9.17) is 16.9 Å². The van der Waals surface area contributed by atoms with Crippen LogP contribution >= 0.6 is 0 Å². The maximum atomic E-state index is 13.5. The number of nitrogens with one attached hydrogen (secondary N) is 4. The Kier molecular flexibility index (Phi) is 9.93. The Labute approximate surface area is 258 Å². The number of hydrogen-bond acceptors (Lipinski definition) is 8. The summed E-state index contributed by atoms with van der Waals surface area (Å²) in [5.74, 6) is -2.44. The average Bonchev–Trinajstić information content (AvgIpc) is 3.00. The molecule has 0 aliphatic rings. The third kappa shape index (κ3) is 8.10. The summed E-state index contributed by atoms with van der Waals surface area (Å²) in [5.41, 5.74) is 13.5. The molecule has 0 spiro atoms. The lowest BCUT2D eigenvalue weighted by Crippen LogP contribution is -2.35. The smallest absolute Gasteiger partial charge is 0.330 e. The Hall–Kier alpha value is -5.98. The Bertz CT molecular complexity index is 1790. The predicted octanol–water partition coefficient (Wildman–Crippen LogP) is 2.47. The van der Waals surface area contributed by atoms with Crippen LogP contribution in [0, 0.1) is 5.41 Å². The summed E-state index contributed by atoms with van der Waals surface area (Å²) < 4.78 is 1.23. The summed E-state index contributed by atoms with van der Waals surface area (Å²) in [7, 11) is 0. The van der Waals surface area contributed by atoms with Crippen LogP contribution in [0.25, 0.3) is 11.3 Å². The predicted molar refractivity (Wildman–Crippen MR) is 171 cm³/mol. The second-order valence-corrected chi connectivity index (χ2v) is 10.6. The number of nitrogen functional groups attached to an aromatic ring is 2. The second kappa shape index (κ2) is 14.0. The van der Waals surface area contributed by atoms with Crippen LogP contribution in [-0.4, -0.2) is 44.3 Å². The normalized spacial score (nSPS) is 11.4. The van der Waals surface area contributed by atoms with Crippen LogP contribution < -0.4 is 33.0 Å². The number of aliphatic carboxylic acids is 1. The third-order valence-electron chi connectivity index (χ3n) is 6.70. The maximum absolute atomic E-state index is 13.5. The van der Waals surface area contributed by atoms with Crippen LogP contribution in [0.3, 0.4) is 0 Å². The number of nitrogens with zero attached hydrogens (tertiary/aromatic N) is 2. The van der Waals surface area contributed by atoms with Crippen molar-refractivity contribution in [2.45, 2.75) is 39.0 Å². The van der Waals surface area contributed by atoms with E-state index < -0.39 is 29.4 Å². The molecule has 0 saturated heterocycles. The zero-order valence-corrected chi connectivity index (χ0v) is 24.7. The Balaban J connectivity index is 1.64. The molecule has 0 radical (unpaired) electrons. The quantitative estimate of drug-likeness (QED) is 0.0711. The molecule has 0 aliphatic carbocycles. The summed E-state index contributed by atoms with van der Waals surface area (Å²) in [6.45, 7) is 3.47. The van der Waals surface area contributed by atoms with Gasteiger partial charge in [0, 0.05) is 35.0 Å². The van der Waals surface area contributed by atoms with E-state index in [2.05, 4.69) is 20.9 Å². The molecule has 4 aromatic rings. The minimum absolute atomic E-state index is 0.0374. The first-order chi connectivity index (χ1) is 21.4. The van der Waals surface area contributed by atoms with E-state index in [1.54, 1.807) is 54.6 Å². The van der Waals surface area contributed by atoms with E-state index in [1.165, 1.54) is 29.0 Å². The van der Waals surface area contributed by atoms with Crippen molar-refractivity contribution in [2.75, 3.05) is 11.1 Å². The number of amides is 2. The topological polar surface area (TPSA) is 218 Å². The highest BCUT2D eigenvalue weighted by Crippen LogP contribution is 2.24. The standard InChI is InChI=1S/C32H34N8O5/c1-18(2)38-29-31(43)40(17-26(41)36-15-19-8-10-21(11-9-19)28(34)35)25(16-37-29)22-12-23(14-24(33)13-22)30(42)39-27(32(44)45)20-6-4-3-5-7-20/h3-14,16,18,27H,15,17,33H2,1-2H3,(H3,34,35)(H,36,41)(H,37,38)(H,39,42)(H,44,45)/t27-/m0/s1. The van der Waals surface area contributed by atoms with Gasteiger partial charge in [0.05, 0.1) is 11.9 Å². The van der Waals surface area contributed by atoms with Gasteiger partial charge in [-0.25, -0.2) is 9.78 Å². The lowest BCUT2D eigenvalue weighted by Gasteiger charge is -2.18. The fraction of sp³-hybridized carbons (Fsp3) is 0.188. The molecule has 4 rings (SSSR count). The summed E-state index contributed by atoms with van der Waals surface area (Å²) in [6, 6.07) is 18.0. The number of nitrogens with two attached hydrogens (primary N) is 2. The summed E-state index contributed by atoms with van der Waals surface area (Å²) in [4.78, 5) is 56.1. The van der Waals surface area contributed by atoms with Gasteiger partial charge in [0.1, 0.15) is 12.4 Å². The van der Waals surface area contributed by atoms with Crippen LogP contribution in [0.4, 0.5) is 11.5 Å². The van der Waals surface area contributed by atoms with Gasteiger partial charge in [-0.05, 0) is 43.2 Å². The van der Waals surface area contributed by atoms with Gasteiger partial charge < -0.3 is 32.5 Å². The van der Waals surface area contributed by atoms with Crippen LogP contribution in [0.1, 0.15) is 46.9 Å². The van der Waals surface area contributed by atoms with Crippen LogP contribution in [0.2, 0.25) is 0 Å². The molecule has 1 aromatic heterocycles. The first-order valence-corrected chi connectivity index (χ1v) is 14.0. The van der Waals surface area contributed by atoms with Crippen molar-refractivity contribution < 1.29 is 19.5 Å². The van der Waals surface area contributed by atoms with Crippen molar-refractivity contribution >= 4 is 35.1 Å². The number of carbonyl (C=O) groups excluding carboxylic acids is 2. The van der Waals surface area contributed by atoms with E-state index in [0.29, 0.717) is 16.7 Å². The molecule has 0 bridgehead atoms. The SMILES string of the molecule is CC(C)Nc1ncc(-c2cc(N)cc(C(=O)N[C@H](C(=O)O)c3ccccc3)c2)n(CC(=O)NCc2ccc(C(=N)N)cc2)c1=O. The number of amidine groups is 1. The number of aromatic nitrogens is 2. The molecule has 9 N–H and O–H groups in total. The van der Waals surface area contributed by atoms with Crippen molar-refractivity contribution in [3.63, 3.8) is 0 Å². The van der Waals surface area contributed by atoms with Crippen molar-refractivity contribution in [1.82, 2.24) is 20.2 Å². The number of benzene rings is 3. The van der Waals surface area contributed by atoms with E-state index >= 15 is 0 Å². The average molecular weight is 611 g/mol. The number of rotatable bonds is 12. The molecule has 13 nitrogen and oxygen atoms in total. The Morgan fingerprint density at radius 1 is 1.00 bits per heavy atom. The van der Waals surface area contributed by atoms with E-state index in [-0.39, 0.29) is 47.7 Å². The monoisotopic (exact) mass is 610 g/mol. The molecule has 0 saturated carbocycles. The molecule has 1 atom stereocenters. The highest BCUT2D eigenvalue weighted by Gasteiger charge is 2.24. The van der Waals surface area contributed by atoms with Gasteiger partial charge in [-0.3, -0.25) is 24.4 Å². The first-order valence-electron chi connectivity index (χ1n) is 14.0. The largest absolute Gasteiger partial charge is 0.479 e. The van der Waals surface area contributed by atoms with Crippen LogP contribution in [0.15, 0.2) is 83.8 Å². The number of carbonyl (C=O) groups is 3. The van der Waals surface area contributed by atoms with Crippen LogP contribution in [-0.2, 0) is 22.7 Å². The third-order valence-corrected chi connectivity index (χ3v) is 6.70. The minimum Gasteiger partial charge on any atom is -0.479 e. The van der Waals surface area contributed by atoms with Crippen molar-refractivity contribution in [1.29, 1.82) is 5.41 Å². The van der Waals surface area contributed by atoms with Gasteiger partial charge >= 0.3 is 5.97 Å². The van der Waals surface area contributed by atoms with Gasteiger partial charge in [-0.15, -0.1) is 0 Å². The van der Waals surface area contributed by atoms with Crippen molar-refractivity contribution in [2.24, 2.45) is 5.73 Å². The zero-order chi connectivity index (χ0) is 32.7. The van der Waals surface area contributed by atoms with E-state index in [0.717, 1.165) is 5.56 Å². The molecule has 45 heavy (non-hydrogen) atoms. The Morgan fingerprint density at radius 3 is 2.31 bits per heavy atom. The van der Waals surface area contributed by atoms with E-state index in [9.17, 15) is 24.3 Å². The molecular formula is C32H34N8O5. The molecule has 3 aromatic carbocycles. The maximum Gasteiger partial charge on any atom is 0.330 e. The highest BCUT2D eigenvalue weighted by atomic mass is 16.4. The second-order valence-electron chi connectivity index (χ2n) is 10.6. The lowest BCUT2D eigenvalue weighted by atomic mass is 10.0. The van der Waals surface area contributed by atoms with Gasteiger partial charge in [0.2, 0.25) is 5.91 Å².